The average Bonchev–Trinajstić information content (AvgIpc) is 2.51. The molecule has 0 aliphatic carbocycles. The number of rotatable bonds is 8. The van der Waals surface area contributed by atoms with Crippen LogP contribution in [0.2, 0.25) is 0 Å². The number of nitrogens with zero attached hydrogens (tertiary/aromatic N) is 3. The predicted molar refractivity (Wildman–Crippen MR) is 102 cm³/mol. The van der Waals surface area contributed by atoms with E-state index in [0.717, 1.165) is 42.7 Å². The van der Waals surface area contributed by atoms with E-state index in [1.807, 2.05) is 19.1 Å². The first-order valence-corrected chi connectivity index (χ1v) is 8.56. The lowest BCUT2D eigenvalue weighted by molar-refractivity contribution is 0.405. The first kappa shape index (κ1) is 18.2. The zero-order valence-corrected chi connectivity index (χ0v) is 15.4. The molecule has 2 N–H and O–H groups in total. The van der Waals surface area contributed by atoms with E-state index >= 15 is 0 Å². The zero-order valence-electron chi connectivity index (χ0n) is 15.4. The highest BCUT2D eigenvalue weighted by Gasteiger charge is 2.08. The van der Waals surface area contributed by atoms with Gasteiger partial charge in [-0.2, -0.15) is 0 Å². The highest BCUT2D eigenvalue weighted by molar-refractivity contribution is 5.63. The first-order valence-electron chi connectivity index (χ1n) is 8.56. The van der Waals surface area contributed by atoms with Gasteiger partial charge in [0.15, 0.2) is 0 Å². The lowest BCUT2D eigenvalue weighted by Gasteiger charge is -2.15. The molecule has 0 fully saturated rings. The molecule has 0 spiro atoms. The summed E-state index contributed by atoms with van der Waals surface area (Å²) in [7, 11) is 4.17. The van der Waals surface area contributed by atoms with E-state index in [-0.39, 0.29) is 0 Å². The molecular formula is C19H29N5. The maximum atomic E-state index is 4.52. The fourth-order valence-corrected chi connectivity index (χ4v) is 2.59. The number of aryl methyl sites for hydroxylation is 1. The number of benzene rings is 1. The monoisotopic (exact) mass is 327 g/mol. The van der Waals surface area contributed by atoms with Crippen molar-refractivity contribution in [3.05, 3.63) is 41.7 Å². The van der Waals surface area contributed by atoms with Gasteiger partial charge in [0.1, 0.15) is 17.5 Å². The molecule has 1 aromatic heterocycles. The summed E-state index contributed by atoms with van der Waals surface area (Å²) in [5, 5.41) is 6.83. The highest BCUT2D eigenvalue weighted by Crippen LogP contribution is 2.26. The smallest absolute Gasteiger partial charge is 0.136 e. The molecule has 0 unspecified atom stereocenters. The summed E-state index contributed by atoms with van der Waals surface area (Å²) in [6, 6.07) is 10.3. The second-order valence-electron chi connectivity index (χ2n) is 6.64. The predicted octanol–water partition coefficient (Wildman–Crippen LogP) is 4.02. The molecule has 1 heterocycles. The van der Waals surface area contributed by atoms with Crippen molar-refractivity contribution in [1.29, 1.82) is 0 Å². The molecule has 1 aromatic carbocycles. The SMILES string of the molecule is Cc1nc(NCCCN(C)C)cc(Nc2ccccc2C(C)C)n1. The second-order valence-corrected chi connectivity index (χ2v) is 6.64. The van der Waals surface area contributed by atoms with E-state index in [1.165, 1.54) is 5.56 Å². The van der Waals surface area contributed by atoms with Crippen LogP contribution in [-0.2, 0) is 0 Å². The van der Waals surface area contributed by atoms with Crippen LogP contribution in [0.3, 0.4) is 0 Å². The van der Waals surface area contributed by atoms with Crippen molar-refractivity contribution in [2.24, 2.45) is 0 Å². The Balaban J connectivity index is 2.08. The van der Waals surface area contributed by atoms with Crippen LogP contribution in [-0.4, -0.2) is 42.1 Å². The molecule has 0 bridgehead atoms. The van der Waals surface area contributed by atoms with Crippen LogP contribution in [0.25, 0.3) is 0 Å². The molecule has 5 nitrogen and oxygen atoms in total. The van der Waals surface area contributed by atoms with Crippen molar-refractivity contribution in [3.8, 4) is 0 Å². The molecule has 0 atom stereocenters. The van der Waals surface area contributed by atoms with Gasteiger partial charge in [0.05, 0.1) is 0 Å². The summed E-state index contributed by atoms with van der Waals surface area (Å²) in [6.07, 6.45) is 1.08. The Morgan fingerprint density at radius 2 is 1.79 bits per heavy atom. The number of para-hydroxylation sites is 1. The number of aromatic nitrogens is 2. The summed E-state index contributed by atoms with van der Waals surface area (Å²) in [5.41, 5.74) is 2.39. The zero-order chi connectivity index (χ0) is 17.5. The molecular weight excluding hydrogens is 298 g/mol. The van der Waals surface area contributed by atoms with Crippen LogP contribution >= 0.6 is 0 Å². The molecule has 5 heteroatoms. The van der Waals surface area contributed by atoms with Crippen molar-refractivity contribution in [3.63, 3.8) is 0 Å². The highest BCUT2D eigenvalue weighted by atomic mass is 15.1. The van der Waals surface area contributed by atoms with Crippen LogP contribution in [0, 0.1) is 6.92 Å². The van der Waals surface area contributed by atoms with Gasteiger partial charge in [0.25, 0.3) is 0 Å². The normalized spacial score (nSPS) is 11.1. The third-order valence-corrected chi connectivity index (χ3v) is 3.77. The van der Waals surface area contributed by atoms with Crippen molar-refractivity contribution in [2.75, 3.05) is 37.8 Å². The molecule has 0 saturated carbocycles. The van der Waals surface area contributed by atoms with Gasteiger partial charge in [0.2, 0.25) is 0 Å². The minimum atomic E-state index is 0.459. The lowest BCUT2D eigenvalue weighted by atomic mass is 10.0. The molecule has 0 aliphatic rings. The molecule has 0 radical (unpaired) electrons. The Labute approximate surface area is 145 Å². The fourth-order valence-electron chi connectivity index (χ4n) is 2.59. The minimum Gasteiger partial charge on any atom is -0.370 e. The van der Waals surface area contributed by atoms with Crippen molar-refractivity contribution in [2.45, 2.75) is 33.1 Å². The van der Waals surface area contributed by atoms with Gasteiger partial charge in [-0.25, -0.2) is 9.97 Å². The van der Waals surface area contributed by atoms with Gasteiger partial charge in [0, 0.05) is 18.3 Å². The first-order chi connectivity index (χ1) is 11.5. The third kappa shape index (κ3) is 5.49. The molecule has 0 amide bonds. The van der Waals surface area contributed by atoms with Crippen LogP contribution in [0.5, 0.6) is 0 Å². The quantitative estimate of drug-likeness (QED) is 0.717. The van der Waals surface area contributed by atoms with E-state index < -0.39 is 0 Å². The van der Waals surface area contributed by atoms with Gasteiger partial charge in [-0.05, 0) is 51.5 Å². The Morgan fingerprint density at radius 1 is 1.08 bits per heavy atom. The molecule has 24 heavy (non-hydrogen) atoms. The Bertz CT molecular complexity index is 652. The molecule has 2 aromatic rings. The van der Waals surface area contributed by atoms with Crippen molar-refractivity contribution in [1.82, 2.24) is 14.9 Å². The molecule has 130 valence electrons. The van der Waals surface area contributed by atoms with Gasteiger partial charge in [-0.3, -0.25) is 0 Å². The van der Waals surface area contributed by atoms with Crippen molar-refractivity contribution < 1.29 is 0 Å². The molecule has 0 saturated heterocycles. The van der Waals surface area contributed by atoms with Crippen molar-refractivity contribution >= 4 is 17.3 Å². The summed E-state index contributed by atoms with van der Waals surface area (Å²) in [5.74, 6) is 2.91. The maximum absolute atomic E-state index is 4.52. The van der Waals surface area contributed by atoms with E-state index in [2.05, 4.69) is 71.6 Å². The van der Waals surface area contributed by atoms with Gasteiger partial charge < -0.3 is 15.5 Å². The Kier molecular flexibility index (Phi) is 6.55. The summed E-state index contributed by atoms with van der Waals surface area (Å²) in [6.45, 7) is 8.28. The number of hydrogen-bond acceptors (Lipinski definition) is 5. The van der Waals surface area contributed by atoms with E-state index in [0.29, 0.717) is 5.92 Å². The third-order valence-electron chi connectivity index (χ3n) is 3.77. The molecule has 0 aliphatic heterocycles. The Hall–Kier alpha value is -2.14. The summed E-state index contributed by atoms with van der Waals surface area (Å²) < 4.78 is 0. The second kappa shape index (κ2) is 8.64. The van der Waals surface area contributed by atoms with Gasteiger partial charge >= 0.3 is 0 Å². The standard InChI is InChI=1S/C19H29N5/c1-14(2)16-9-6-7-10-17(16)23-19-13-18(21-15(3)22-19)20-11-8-12-24(4)5/h6-7,9-10,13-14H,8,11-12H2,1-5H3,(H2,20,21,22,23). The average molecular weight is 327 g/mol. The number of nitrogens with one attached hydrogen (secondary N) is 2. The topological polar surface area (TPSA) is 53.1 Å². The number of hydrogen-bond donors (Lipinski definition) is 2. The van der Waals surface area contributed by atoms with Gasteiger partial charge in [-0.1, -0.05) is 32.0 Å². The Morgan fingerprint density at radius 3 is 2.50 bits per heavy atom. The van der Waals surface area contributed by atoms with E-state index in [4.69, 9.17) is 0 Å². The van der Waals surface area contributed by atoms with Crippen LogP contribution in [0.4, 0.5) is 17.3 Å². The summed E-state index contributed by atoms with van der Waals surface area (Å²) >= 11 is 0. The maximum Gasteiger partial charge on any atom is 0.136 e. The number of anilines is 3. The van der Waals surface area contributed by atoms with E-state index in [1.54, 1.807) is 0 Å². The van der Waals surface area contributed by atoms with E-state index in [9.17, 15) is 0 Å². The van der Waals surface area contributed by atoms with Gasteiger partial charge in [-0.15, -0.1) is 0 Å². The van der Waals surface area contributed by atoms with Crippen LogP contribution in [0.1, 0.15) is 37.6 Å². The largest absolute Gasteiger partial charge is 0.370 e. The lowest BCUT2D eigenvalue weighted by Crippen LogP contribution is -2.16. The fraction of sp³-hybridized carbons (Fsp3) is 0.474. The molecule has 2 rings (SSSR count). The van der Waals surface area contributed by atoms with Crippen LogP contribution < -0.4 is 10.6 Å². The summed E-state index contributed by atoms with van der Waals surface area (Å²) in [4.78, 5) is 11.2. The minimum absolute atomic E-state index is 0.459. The van der Waals surface area contributed by atoms with Crippen LogP contribution in [0.15, 0.2) is 30.3 Å².